The van der Waals surface area contributed by atoms with Crippen molar-refractivity contribution in [3.05, 3.63) is 46.9 Å². The van der Waals surface area contributed by atoms with E-state index in [-0.39, 0.29) is 0 Å². The maximum atomic E-state index is 5.82. The van der Waals surface area contributed by atoms with E-state index in [1.165, 1.54) is 11.4 Å². The molecule has 0 aromatic heterocycles. The second-order valence-electron chi connectivity index (χ2n) is 5.36. The Morgan fingerprint density at radius 1 is 0.955 bits per heavy atom. The summed E-state index contributed by atoms with van der Waals surface area (Å²) in [5, 5.41) is 0. The fourth-order valence-electron chi connectivity index (χ4n) is 2.86. The number of benzene rings is 2. The lowest BCUT2D eigenvalue weighted by molar-refractivity contribution is 0.413. The Hall–Kier alpha value is -1.88. The molecule has 1 heterocycles. The van der Waals surface area contributed by atoms with E-state index in [4.69, 9.17) is 10.5 Å². The van der Waals surface area contributed by atoms with Crippen LogP contribution in [-0.4, -0.2) is 33.3 Å². The van der Waals surface area contributed by atoms with Gasteiger partial charge in [0, 0.05) is 36.3 Å². The van der Waals surface area contributed by atoms with Crippen LogP contribution in [0.4, 0.5) is 17.1 Å². The van der Waals surface area contributed by atoms with Gasteiger partial charge in [0.2, 0.25) is 0 Å². The van der Waals surface area contributed by atoms with Crippen molar-refractivity contribution in [2.24, 2.45) is 0 Å². The first-order valence-corrected chi connectivity index (χ1v) is 8.16. The van der Waals surface area contributed by atoms with Crippen molar-refractivity contribution in [2.45, 2.75) is 0 Å². The molecule has 0 spiro atoms. The summed E-state index contributed by atoms with van der Waals surface area (Å²) in [4.78, 5) is 4.76. The van der Waals surface area contributed by atoms with Crippen molar-refractivity contribution in [3.8, 4) is 5.75 Å². The molecule has 1 saturated heterocycles. The molecule has 1 fully saturated rings. The molecular weight excluding hydrogens is 342 g/mol. The summed E-state index contributed by atoms with van der Waals surface area (Å²) in [7, 11) is 1.72. The number of anilines is 3. The summed E-state index contributed by atoms with van der Waals surface area (Å²) in [5.41, 5.74) is 8.97. The van der Waals surface area contributed by atoms with E-state index < -0.39 is 0 Å². The zero-order chi connectivity index (χ0) is 15.5. The van der Waals surface area contributed by atoms with E-state index in [1.807, 2.05) is 24.3 Å². The summed E-state index contributed by atoms with van der Waals surface area (Å²) in [5.74, 6) is 0.935. The lowest BCUT2D eigenvalue weighted by Gasteiger charge is -2.38. The van der Waals surface area contributed by atoms with Gasteiger partial charge >= 0.3 is 0 Å². The lowest BCUT2D eigenvalue weighted by atomic mass is 10.2. The van der Waals surface area contributed by atoms with Crippen LogP contribution in [0.5, 0.6) is 5.75 Å². The van der Waals surface area contributed by atoms with Crippen LogP contribution in [0.3, 0.4) is 0 Å². The molecule has 0 radical (unpaired) electrons. The third-order valence-electron chi connectivity index (χ3n) is 4.02. The average molecular weight is 362 g/mol. The van der Waals surface area contributed by atoms with Crippen molar-refractivity contribution < 1.29 is 4.74 Å². The minimum absolute atomic E-state index is 0.781. The van der Waals surface area contributed by atoms with Gasteiger partial charge in [-0.1, -0.05) is 12.1 Å². The first kappa shape index (κ1) is 15.0. The molecule has 0 unspecified atom stereocenters. The minimum Gasteiger partial charge on any atom is -0.495 e. The second kappa shape index (κ2) is 6.48. The maximum Gasteiger partial charge on any atom is 0.142 e. The Kier molecular flexibility index (Phi) is 4.43. The number of nitrogens with two attached hydrogens (primary N) is 1. The van der Waals surface area contributed by atoms with Crippen LogP contribution in [0.2, 0.25) is 0 Å². The molecule has 3 rings (SSSR count). The normalized spacial score (nSPS) is 15.0. The lowest BCUT2D eigenvalue weighted by Crippen LogP contribution is -2.46. The molecule has 0 saturated carbocycles. The highest BCUT2D eigenvalue weighted by Crippen LogP contribution is 2.32. The van der Waals surface area contributed by atoms with Gasteiger partial charge in [-0.3, -0.25) is 0 Å². The highest BCUT2D eigenvalue weighted by molar-refractivity contribution is 9.10. The standard InChI is InChI=1S/C17H20BrN3O/c1-22-17-5-3-2-4-16(17)21-10-8-20(9-11-21)15-7-6-13(19)12-14(15)18/h2-7,12H,8-11,19H2,1H3. The molecule has 22 heavy (non-hydrogen) atoms. The number of nitrogens with zero attached hydrogens (tertiary/aromatic N) is 2. The Balaban J connectivity index is 1.72. The van der Waals surface area contributed by atoms with Crippen LogP contribution in [0.1, 0.15) is 0 Å². The summed E-state index contributed by atoms with van der Waals surface area (Å²) in [6.45, 7) is 3.88. The molecule has 2 aromatic rings. The molecule has 1 aliphatic heterocycles. The third-order valence-corrected chi connectivity index (χ3v) is 4.65. The second-order valence-corrected chi connectivity index (χ2v) is 6.21. The Labute approximate surface area is 139 Å². The molecule has 2 N–H and O–H groups in total. The maximum absolute atomic E-state index is 5.82. The number of hydrogen-bond donors (Lipinski definition) is 1. The average Bonchev–Trinajstić information content (AvgIpc) is 2.55. The summed E-state index contributed by atoms with van der Waals surface area (Å²) in [6, 6.07) is 14.2. The molecule has 4 nitrogen and oxygen atoms in total. The van der Waals surface area contributed by atoms with Crippen LogP contribution >= 0.6 is 15.9 Å². The smallest absolute Gasteiger partial charge is 0.142 e. The van der Waals surface area contributed by atoms with Gasteiger partial charge < -0.3 is 20.3 Å². The SMILES string of the molecule is COc1ccccc1N1CCN(c2ccc(N)cc2Br)CC1. The van der Waals surface area contributed by atoms with E-state index in [2.05, 4.69) is 43.9 Å². The van der Waals surface area contributed by atoms with E-state index >= 15 is 0 Å². The van der Waals surface area contributed by atoms with Crippen molar-refractivity contribution in [1.82, 2.24) is 0 Å². The van der Waals surface area contributed by atoms with Gasteiger partial charge in [-0.2, -0.15) is 0 Å². The summed E-state index contributed by atoms with van der Waals surface area (Å²) >= 11 is 3.61. The van der Waals surface area contributed by atoms with Gasteiger partial charge in [0.15, 0.2) is 0 Å². The number of halogens is 1. The fourth-order valence-corrected chi connectivity index (χ4v) is 3.51. The van der Waals surface area contributed by atoms with E-state index in [0.717, 1.165) is 42.1 Å². The van der Waals surface area contributed by atoms with Gasteiger partial charge in [-0.05, 0) is 46.3 Å². The predicted octanol–water partition coefficient (Wildman–Crippen LogP) is 3.37. The number of methoxy groups -OCH3 is 1. The number of nitrogen functional groups attached to an aromatic ring is 1. The number of ether oxygens (including phenoxy) is 1. The molecule has 2 aromatic carbocycles. The summed E-state index contributed by atoms with van der Waals surface area (Å²) in [6.07, 6.45) is 0. The number of rotatable bonds is 3. The molecule has 0 bridgehead atoms. The molecule has 0 atom stereocenters. The van der Waals surface area contributed by atoms with Crippen LogP contribution in [0.15, 0.2) is 46.9 Å². The van der Waals surface area contributed by atoms with Gasteiger partial charge in [0.25, 0.3) is 0 Å². The molecule has 1 aliphatic rings. The van der Waals surface area contributed by atoms with Crippen LogP contribution < -0.4 is 20.3 Å². The van der Waals surface area contributed by atoms with Gasteiger partial charge in [0.1, 0.15) is 5.75 Å². The van der Waals surface area contributed by atoms with E-state index in [0.29, 0.717) is 0 Å². The van der Waals surface area contributed by atoms with Crippen molar-refractivity contribution >= 4 is 33.0 Å². The minimum atomic E-state index is 0.781. The van der Waals surface area contributed by atoms with Crippen LogP contribution in [-0.2, 0) is 0 Å². The first-order valence-electron chi connectivity index (χ1n) is 7.37. The largest absolute Gasteiger partial charge is 0.495 e. The third kappa shape index (κ3) is 2.99. The topological polar surface area (TPSA) is 41.7 Å². The molecule has 0 aliphatic carbocycles. The Morgan fingerprint density at radius 3 is 2.23 bits per heavy atom. The number of para-hydroxylation sites is 2. The predicted molar refractivity (Wildman–Crippen MR) is 96.0 cm³/mol. The van der Waals surface area contributed by atoms with E-state index in [1.54, 1.807) is 7.11 Å². The van der Waals surface area contributed by atoms with E-state index in [9.17, 15) is 0 Å². The zero-order valence-electron chi connectivity index (χ0n) is 12.6. The molecule has 5 heteroatoms. The van der Waals surface area contributed by atoms with Crippen molar-refractivity contribution in [2.75, 3.05) is 48.8 Å². The number of piperazine rings is 1. The van der Waals surface area contributed by atoms with Gasteiger partial charge in [0.05, 0.1) is 18.5 Å². The monoisotopic (exact) mass is 361 g/mol. The Bertz CT molecular complexity index is 654. The highest BCUT2D eigenvalue weighted by atomic mass is 79.9. The van der Waals surface area contributed by atoms with Crippen molar-refractivity contribution in [1.29, 1.82) is 0 Å². The highest BCUT2D eigenvalue weighted by Gasteiger charge is 2.20. The van der Waals surface area contributed by atoms with Gasteiger partial charge in [-0.15, -0.1) is 0 Å². The number of hydrogen-bond acceptors (Lipinski definition) is 4. The molecule has 116 valence electrons. The first-order chi connectivity index (χ1) is 10.7. The van der Waals surface area contributed by atoms with Crippen molar-refractivity contribution in [3.63, 3.8) is 0 Å². The van der Waals surface area contributed by atoms with Crippen LogP contribution in [0.25, 0.3) is 0 Å². The fraction of sp³-hybridized carbons (Fsp3) is 0.294. The quantitative estimate of drug-likeness (QED) is 0.851. The zero-order valence-corrected chi connectivity index (χ0v) is 14.2. The molecular formula is C17H20BrN3O. The van der Waals surface area contributed by atoms with Crippen LogP contribution in [0, 0.1) is 0 Å². The van der Waals surface area contributed by atoms with Gasteiger partial charge in [-0.25, -0.2) is 0 Å². The Morgan fingerprint density at radius 2 is 1.59 bits per heavy atom. The molecule has 0 amide bonds. The summed E-state index contributed by atoms with van der Waals surface area (Å²) < 4.78 is 6.52.